The highest BCUT2D eigenvalue weighted by atomic mass is 19.1. The zero-order valence-corrected chi connectivity index (χ0v) is 12.5. The van der Waals surface area contributed by atoms with Gasteiger partial charge in [-0.15, -0.1) is 0 Å². The number of rotatable bonds is 5. The van der Waals surface area contributed by atoms with Crippen molar-refractivity contribution >= 4 is 5.91 Å². The van der Waals surface area contributed by atoms with E-state index in [1.165, 1.54) is 38.8 Å². The first-order valence-electron chi connectivity index (χ1n) is 7.87. The van der Waals surface area contributed by atoms with E-state index in [0.717, 1.165) is 18.4 Å². The van der Waals surface area contributed by atoms with Gasteiger partial charge in [-0.25, -0.2) is 4.39 Å². The molecule has 1 aromatic rings. The average molecular weight is 291 g/mol. The maximum Gasteiger partial charge on any atom is 0.254 e. The maximum absolute atomic E-state index is 14.1. The molecular weight excluding hydrogens is 269 g/mol. The van der Waals surface area contributed by atoms with Crippen molar-refractivity contribution in [3.8, 4) is 5.75 Å². The van der Waals surface area contributed by atoms with Crippen molar-refractivity contribution < 1.29 is 13.9 Å². The number of ether oxygens (including phenoxy) is 1. The van der Waals surface area contributed by atoms with Crippen molar-refractivity contribution in [1.29, 1.82) is 0 Å². The molecule has 3 nitrogen and oxygen atoms in total. The molecule has 0 radical (unpaired) electrons. The standard InChI is InChI=1S/C17H22FNO2/c1-19-17(20)14-8-13(12-6-7-12)16(9-15(14)18)21-10-11-4-2-3-5-11/h8-9,11-12H,2-7,10H2,1H3,(H,19,20). The van der Waals surface area contributed by atoms with Gasteiger partial charge in [0.15, 0.2) is 0 Å². The third kappa shape index (κ3) is 3.20. The van der Waals surface area contributed by atoms with Crippen molar-refractivity contribution in [2.45, 2.75) is 44.4 Å². The van der Waals surface area contributed by atoms with Crippen LogP contribution in [0.2, 0.25) is 0 Å². The third-order valence-corrected chi connectivity index (χ3v) is 4.54. The van der Waals surface area contributed by atoms with Gasteiger partial charge < -0.3 is 10.1 Å². The SMILES string of the molecule is CNC(=O)c1cc(C2CC2)c(OCC2CCCC2)cc1F. The number of benzene rings is 1. The summed E-state index contributed by atoms with van der Waals surface area (Å²) >= 11 is 0. The Kier molecular flexibility index (Phi) is 4.13. The topological polar surface area (TPSA) is 38.3 Å². The van der Waals surface area contributed by atoms with E-state index in [1.54, 1.807) is 6.07 Å². The Hall–Kier alpha value is -1.58. The highest BCUT2D eigenvalue weighted by Crippen LogP contribution is 2.45. The van der Waals surface area contributed by atoms with Crippen LogP contribution in [-0.4, -0.2) is 19.6 Å². The van der Waals surface area contributed by atoms with E-state index in [1.807, 2.05) is 0 Å². The Balaban J connectivity index is 1.81. The molecule has 114 valence electrons. The lowest BCUT2D eigenvalue weighted by molar-refractivity contribution is 0.0959. The Morgan fingerprint density at radius 2 is 2.00 bits per heavy atom. The van der Waals surface area contributed by atoms with Gasteiger partial charge in [0, 0.05) is 13.1 Å². The molecule has 0 aliphatic heterocycles. The second kappa shape index (κ2) is 6.04. The first-order chi connectivity index (χ1) is 10.2. The number of carbonyl (C=O) groups is 1. The van der Waals surface area contributed by atoms with Crippen molar-refractivity contribution in [2.24, 2.45) is 5.92 Å². The summed E-state index contributed by atoms with van der Waals surface area (Å²) in [5.41, 5.74) is 1.11. The molecule has 0 saturated heterocycles. The molecular formula is C17H22FNO2. The molecule has 2 aliphatic rings. The highest BCUT2D eigenvalue weighted by molar-refractivity contribution is 5.94. The predicted octanol–water partition coefficient (Wildman–Crippen LogP) is 3.63. The minimum Gasteiger partial charge on any atom is -0.493 e. The predicted molar refractivity (Wildman–Crippen MR) is 79.2 cm³/mol. The molecule has 1 amide bonds. The van der Waals surface area contributed by atoms with Gasteiger partial charge in [-0.2, -0.15) is 0 Å². The highest BCUT2D eigenvalue weighted by Gasteiger charge is 2.29. The van der Waals surface area contributed by atoms with E-state index >= 15 is 0 Å². The number of carbonyl (C=O) groups excluding carboxylic acids is 1. The first-order valence-corrected chi connectivity index (χ1v) is 7.87. The second-order valence-corrected chi connectivity index (χ2v) is 6.18. The lowest BCUT2D eigenvalue weighted by Crippen LogP contribution is -2.20. The summed E-state index contributed by atoms with van der Waals surface area (Å²) in [5, 5.41) is 2.49. The molecule has 2 saturated carbocycles. The summed E-state index contributed by atoms with van der Waals surface area (Å²) in [6, 6.07) is 3.07. The van der Waals surface area contributed by atoms with Crippen LogP contribution in [0.25, 0.3) is 0 Å². The van der Waals surface area contributed by atoms with Gasteiger partial charge in [0.25, 0.3) is 5.91 Å². The Morgan fingerprint density at radius 1 is 1.29 bits per heavy atom. The van der Waals surface area contributed by atoms with Gasteiger partial charge in [0.1, 0.15) is 11.6 Å². The van der Waals surface area contributed by atoms with Crippen LogP contribution < -0.4 is 10.1 Å². The summed E-state index contributed by atoms with van der Waals surface area (Å²) in [6.07, 6.45) is 7.15. The van der Waals surface area contributed by atoms with Crippen LogP contribution in [0.1, 0.15) is 60.4 Å². The molecule has 2 fully saturated rings. The molecule has 0 atom stereocenters. The van der Waals surface area contributed by atoms with Crippen molar-refractivity contribution in [1.82, 2.24) is 5.32 Å². The number of halogens is 1. The molecule has 0 heterocycles. The molecule has 2 aliphatic carbocycles. The van der Waals surface area contributed by atoms with Crippen LogP contribution in [0.3, 0.4) is 0 Å². The number of hydrogen-bond acceptors (Lipinski definition) is 2. The first kappa shape index (κ1) is 14.4. The third-order valence-electron chi connectivity index (χ3n) is 4.54. The van der Waals surface area contributed by atoms with Gasteiger partial charge in [-0.1, -0.05) is 12.8 Å². The lowest BCUT2D eigenvalue weighted by atomic mass is 10.0. The molecule has 0 bridgehead atoms. The molecule has 0 unspecified atom stereocenters. The lowest BCUT2D eigenvalue weighted by Gasteiger charge is -2.16. The van der Waals surface area contributed by atoms with E-state index in [-0.39, 0.29) is 11.5 Å². The quantitative estimate of drug-likeness (QED) is 0.899. The maximum atomic E-state index is 14.1. The molecule has 0 aromatic heterocycles. The van der Waals surface area contributed by atoms with Crippen molar-refractivity contribution in [3.63, 3.8) is 0 Å². The van der Waals surface area contributed by atoms with Gasteiger partial charge in [-0.3, -0.25) is 4.79 Å². The number of amides is 1. The fourth-order valence-corrected chi connectivity index (χ4v) is 3.10. The monoisotopic (exact) mass is 291 g/mol. The van der Waals surface area contributed by atoms with Crippen LogP contribution >= 0.6 is 0 Å². The van der Waals surface area contributed by atoms with Crippen LogP contribution in [0.15, 0.2) is 12.1 Å². The summed E-state index contributed by atoms with van der Waals surface area (Å²) in [7, 11) is 1.52. The summed E-state index contributed by atoms with van der Waals surface area (Å²) < 4.78 is 20.0. The summed E-state index contributed by atoms with van der Waals surface area (Å²) in [6.45, 7) is 0.665. The Morgan fingerprint density at radius 3 is 2.62 bits per heavy atom. The van der Waals surface area contributed by atoms with E-state index in [0.29, 0.717) is 24.2 Å². The zero-order valence-electron chi connectivity index (χ0n) is 12.5. The number of hydrogen-bond donors (Lipinski definition) is 1. The van der Waals surface area contributed by atoms with Crippen LogP contribution in [-0.2, 0) is 0 Å². The smallest absolute Gasteiger partial charge is 0.254 e. The fourth-order valence-electron chi connectivity index (χ4n) is 3.10. The minimum atomic E-state index is -0.500. The molecule has 1 N–H and O–H groups in total. The molecule has 4 heteroatoms. The number of nitrogens with one attached hydrogen (secondary N) is 1. The van der Waals surface area contributed by atoms with E-state index in [9.17, 15) is 9.18 Å². The van der Waals surface area contributed by atoms with Crippen molar-refractivity contribution in [3.05, 3.63) is 29.1 Å². The van der Waals surface area contributed by atoms with E-state index in [2.05, 4.69) is 5.32 Å². The molecule has 21 heavy (non-hydrogen) atoms. The Labute approximate surface area is 124 Å². The van der Waals surface area contributed by atoms with Gasteiger partial charge in [0.2, 0.25) is 0 Å². The average Bonchev–Trinajstić information content (AvgIpc) is 3.20. The molecule has 3 rings (SSSR count). The van der Waals surface area contributed by atoms with Crippen LogP contribution in [0, 0.1) is 11.7 Å². The largest absolute Gasteiger partial charge is 0.493 e. The van der Waals surface area contributed by atoms with E-state index < -0.39 is 5.82 Å². The molecule has 1 aromatic carbocycles. The van der Waals surface area contributed by atoms with Gasteiger partial charge in [0.05, 0.1) is 12.2 Å². The normalized spacial score (nSPS) is 18.8. The molecule has 0 spiro atoms. The van der Waals surface area contributed by atoms with Crippen LogP contribution in [0.4, 0.5) is 4.39 Å². The summed E-state index contributed by atoms with van der Waals surface area (Å²) in [5.74, 6) is 0.776. The zero-order chi connectivity index (χ0) is 14.8. The Bertz CT molecular complexity index is 534. The van der Waals surface area contributed by atoms with Gasteiger partial charge >= 0.3 is 0 Å². The summed E-state index contributed by atoms with van der Waals surface area (Å²) in [4.78, 5) is 11.7. The van der Waals surface area contributed by atoms with Crippen molar-refractivity contribution in [2.75, 3.05) is 13.7 Å². The fraction of sp³-hybridized carbons (Fsp3) is 0.588. The van der Waals surface area contributed by atoms with Crippen LogP contribution in [0.5, 0.6) is 5.75 Å². The van der Waals surface area contributed by atoms with E-state index in [4.69, 9.17) is 4.74 Å². The van der Waals surface area contributed by atoms with Gasteiger partial charge in [-0.05, 0) is 49.1 Å². The second-order valence-electron chi connectivity index (χ2n) is 6.18. The minimum absolute atomic E-state index is 0.118.